The Morgan fingerprint density at radius 3 is 2.77 bits per heavy atom. The van der Waals surface area contributed by atoms with Gasteiger partial charge in [-0.2, -0.15) is 0 Å². The number of hydrogen-bond donors (Lipinski definition) is 1. The lowest BCUT2D eigenvalue weighted by atomic mass is 10.2. The fourth-order valence-electron chi connectivity index (χ4n) is 2.49. The molecule has 1 saturated carbocycles. The van der Waals surface area contributed by atoms with E-state index in [-0.39, 0.29) is 16.5 Å². The van der Waals surface area contributed by atoms with E-state index in [9.17, 15) is 8.42 Å². The molecule has 0 amide bonds. The van der Waals surface area contributed by atoms with Gasteiger partial charge in [-0.1, -0.05) is 6.42 Å². The lowest BCUT2D eigenvalue weighted by molar-refractivity contribution is 0.526. The molecule has 1 N–H and O–H groups in total. The van der Waals surface area contributed by atoms with Crippen LogP contribution in [0, 0.1) is 0 Å². The molecule has 1 saturated heterocycles. The Bertz CT molecular complexity index is 286. The van der Waals surface area contributed by atoms with Crippen molar-refractivity contribution in [3.63, 3.8) is 0 Å². The minimum Gasteiger partial charge on any atom is -0.313 e. The van der Waals surface area contributed by atoms with E-state index in [2.05, 4.69) is 5.32 Å². The number of sulfone groups is 1. The topological polar surface area (TPSA) is 46.2 Å². The highest BCUT2D eigenvalue weighted by Gasteiger charge is 2.41. The molecule has 0 bridgehead atoms. The van der Waals surface area contributed by atoms with E-state index in [1.54, 1.807) is 0 Å². The summed E-state index contributed by atoms with van der Waals surface area (Å²) >= 11 is 0. The van der Waals surface area contributed by atoms with Crippen LogP contribution in [0.3, 0.4) is 0 Å². The molecular weight excluding hydrogens is 186 g/mol. The van der Waals surface area contributed by atoms with Crippen LogP contribution in [-0.2, 0) is 9.84 Å². The Labute approximate surface area is 79.8 Å². The molecule has 2 rings (SSSR count). The first-order valence-corrected chi connectivity index (χ1v) is 6.69. The summed E-state index contributed by atoms with van der Waals surface area (Å²) in [4.78, 5) is 0. The van der Waals surface area contributed by atoms with Gasteiger partial charge >= 0.3 is 0 Å². The van der Waals surface area contributed by atoms with Crippen LogP contribution in [0.5, 0.6) is 0 Å². The van der Waals surface area contributed by atoms with Gasteiger partial charge in [-0.3, -0.25) is 0 Å². The predicted molar refractivity (Wildman–Crippen MR) is 52.4 cm³/mol. The molecule has 1 aliphatic carbocycles. The van der Waals surface area contributed by atoms with Crippen molar-refractivity contribution in [2.24, 2.45) is 0 Å². The van der Waals surface area contributed by atoms with Crippen molar-refractivity contribution >= 4 is 9.84 Å². The third-order valence-electron chi connectivity index (χ3n) is 3.39. The molecule has 0 aromatic carbocycles. The fraction of sp³-hybridized carbons (Fsp3) is 1.00. The highest BCUT2D eigenvalue weighted by Crippen LogP contribution is 2.30. The number of rotatable bonds is 0. The van der Waals surface area contributed by atoms with Crippen LogP contribution in [0.4, 0.5) is 0 Å². The van der Waals surface area contributed by atoms with Crippen molar-refractivity contribution in [3.05, 3.63) is 0 Å². The molecule has 0 aromatic rings. The standard InChI is InChI=1S/C9H17NO2S/c1-7-5-6-10-8-3-2-4-9(8)13(7,11)12/h7-10H,2-6H2,1H3. The SMILES string of the molecule is CC1CCNC2CCCC2S1(=O)=O. The zero-order chi connectivity index (χ0) is 9.47. The average molecular weight is 203 g/mol. The van der Waals surface area contributed by atoms with Crippen LogP contribution in [0.2, 0.25) is 0 Å². The van der Waals surface area contributed by atoms with Crippen molar-refractivity contribution < 1.29 is 8.42 Å². The molecule has 0 spiro atoms. The molecule has 0 radical (unpaired) electrons. The predicted octanol–water partition coefficient (Wildman–Crippen LogP) is 0.704. The van der Waals surface area contributed by atoms with Gasteiger partial charge < -0.3 is 5.32 Å². The van der Waals surface area contributed by atoms with Crippen LogP contribution in [0.25, 0.3) is 0 Å². The normalized spacial score (nSPS) is 43.9. The third kappa shape index (κ3) is 1.50. The van der Waals surface area contributed by atoms with Gasteiger partial charge in [-0.05, 0) is 32.7 Å². The minimum absolute atomic E-state index is 0.0926. The maximum absolute atomic E-state index is 12.0. The Hall–Kier alpha value is -0.0900. The Balaban J connectivity index is 2.30. The second kappa shape index (κ2) is 3.24. The monoisotopic (exact) mass is 203 g/mol. The highest BCUT2D eigenvalue weighted by molar-refractivity contribution is 7.92. The van der Waals surface area contributed by atoms with Gasteiger partial charge in [0.1, 0.15) is 0 Å². The zero-order valence-corrected chi connectivity index (χ0v) is 8.81. The first kappa shape index (κ1) is 9.46. The van der Waals surface area contributed by atoms with Crippen molar-refractivity contribution in [2.45, 2.75) is 49.1 Å². The number of nitrogens with one attached hydrogen (secondary N) is 1. The van der Waals surface area contributed by atoms with Crippen molar-refractivity contribution in [1.29, 1.82) is 0 Å². The van der Waals surface area contributed by atoms with Crippen LogP contribution >= 0.6 is 0 Å². The van der Waals surface area contributed by atoms with Gasteiger partial charge in [-0.25, -0.2) is 8.42 Å². The first-order valence-electron chi connectivity index (χ1n) is 5.08. The number of hydrogen-bond acceptors (Lipinski definition) is 3. The summed E-state index contributed by atoms with van der Waals surface area (Å²) in [6.07, 6.45) is 3.74. The molecular formula is C9H17NO2S. The lowest BCUT2D eigenvalue weighted by Gasteiger charge is -2.18. The smallest absolute Gasteiger partial charge is 0.157 e. The van der Waals surface area contributed by atoms with Gasteiger partial charge in [0.25, 0.3) is 0 Å². The first-order chi connectivity index (χ1) is 6.12. The quantitative estimate of drug-likeness (QED) is 0.630. The van der Waals surface area contributed by atoms with E-state index in [0.29, 0.717) is 0 Å². The molecule has 1 heterocycles. The summed E-state index contributed by atoms with van der Waals surface area (Å²) in [7, 11) is -2.84. The summed E-state index contributed by atoms with van der Waals surface area (Å²) in [5.41, 5.74) is 0. The van der Waals surface area contributed by atoms with Crippen molar-refractivity contribution in [3.8, 4) is 0 Å². The molecule has 1 aliphatic heterocycles. The summed E-state index contributed by atoms with van der Waals surface area (Å²) in [6.45, 7) is 2.71. The van der Waals surface area contributed by atoms with Gasteiger partial charge in [0.05, 0.1) is 10.5 Å². The van der Waals surface area contributed by atoms with E-state index in [1.807, 2.05) is 6.92 Å². The van der Waals surface area contributed by atoms with E-state index in [4.69, 9.17) is 0 Å². The van der Waals surface area contributed by atoms with E-state index < -0.39 is 9.84 Å². The summed E-state index contributed by atoms with van der Waals surface area (Å²) < 4.78 is 23.9. The molecule has 3 atom stereocenters. The molecule has 76 valence electrons. The summed E-state index contributed by atoms with van der Waals surface area (Å²) in [5.74, 6) is 0. The molecule has 3 unspecified atom stereocenters. The molecule has 2 aliphatic rings. The summed E-state index contributed by atoms with van der Waals surface area (Å²) in [6, 6.07) is 0.245. The molecule has 3 nitrogen and oxygen atoms in total. The molecule has 0 aromatic heterocycles. The molecule has 2 fully saturated rings. The van der Waals surface area contributed by atoms with Crippen molar-refractivity contribution in [2.75, 3.05) is 6.54 Å². The van der Waals surface area contributed by atoms with Crippen LogP contribution in [-0.4, -0.2) is 31.5 Å². The van der Waals surface area contributed by atoms with Gasteiger partial charge in [0.2, 0.25) is 0 Å². The number of fused-ring (bicyclic) bond motifs is 1. The second-order valence-electron chi connectivity index (χ2n) is 4.22. The fourth-order valence-corrected chi connectivity index (χ4v) is 4.72. The second-order valence-corrected chi connectivity index (χ2v) is 6.81. The lowest BCUT2D eigenvalue weighted by Crippen LogP contribution is -2.38. The highest BCUT2D eigenvalue weighted by atomic mass is 32.2. The minimum atomic E-state index is -2.84. The van der Waals surface area contributed by atoms with E-state index >= 15 is 0 Å². The van der Waals surface area contributed by atoms with Crippen LogP contribution in [0.15, 0.2) is 0 Å². The maximum atomic E-state index is 12.0. The van der Waals surface area contributed by atoms with Crippen molar-refractivity contribution in [1.82, 2.24) is 5.32 Å². The van der Waals surface area contributed by atoms with E-state index in [1.165, 1.54) is 0 Å². The third-order valence-corrected chi connectivity index (χ3v) is 6.16. The van der Waals surface area contributed by atoms with Gasteiger partial charge in [0.15, 0.2) is 9.84 Å². The van der Waals surface area contributed by atoms with Gasteiger partial charge in [0, 0.05) is 6.04 Å². The molecule has 13 heavy (non-hydrogen) atoms. The Morgan fingerprint density at radius 2 is 2.00 bits per heavy atom. The van der Waals surface area contributed by atoms with Crippen LogP contribution in [0.1, 0.15) is 32.6 Å². The van der Waals surface area contributed by atoms with Crippen LogP contribution < -0.4 is 5.32 Å². The average Bonchev–Trinajstić information content (AvgIpc) is 2.49. The zero-order valence-electron chi connectivity index (χ0n) is 7.99. The van der Waals surface area contributed by atoms with E-state index in [0.717, 1.165) is 32.2 Å². The maximum Gasteiger partial charge on any atom is 0.157 e. The summed E-state index contributed by atoms with van der Waals surface area (Å²) in [5, 5.41) is 3.11. The largest absolute Gasteiger partial charge is 0.313 e. The van der Waals surface area contributed by atoms with Gasteiger partial charge in [-0.15, -0.1) is 0 Å². The molecule has 4 heteroatoms. The Morgan fingerprint density at radius 1 is 1.23 bits per heavy atom. The Kier molecular flexibility index (Phi) is 2.36.